The van der Waals surface area contributed by atoms with Crippen LogP contribution in [-0.4, -0.2) is 23.9 Å². The fourth-order valence-electron chi connectivity index (χ4n) is 2.68. The van der Waals surface area contributed by atoms with Gasteiger partial charge in [-0.15, -0.1) is 0 Å². The van der Waals surface area contributed by atoms with E-state index in [9.17, 15) is 0 Å². The first-order valence-corrected chi connectivity index (χ1v) is 6.96. The van der Waals surface area contributed by atoms with Crippen LogP contribution in [0.25, 0.3) is 0 Å². The van der Waals surface area contributed by atoms with Crippen molar-refractivity contribution in [1.29, 1.82) is 0 Å². The summed E-state index contributed by atoms with van der Waals surface area (Å²) in [5.41, 5.74) is 1.20. The molecule has 4 nitrogen and oxygen atoms in total. The van der Waals surface area contributed by atoms with Crippen LogP contribution in [0.5, 0.6) is 5.75 Å². The van der Waals surface area contributed by atoms with Crippen molar-refractivity contribution in [1.82, 2.24) is 15.1 Å². The molecular formula is C14H25N3O. The van der Waals surface area contributed by atoms with E-state index >= 15 is 0 Å². The van der Waals surface area contributed by atoms with Gasteiger partial charge in [-0.05, 0) is 33.2 Å². The second-order valence-electron chi connectivity index (χ2n) is 5.51. The summed E-state index contributed by atoms with van der Waals surface area (Å²) in [4.78, 5) is 0. The van der Waals surface area contributed by atoms with E-state index in [1.807, 2.05) is 13.2 Å². The summed E-state index contributed by atoms with van der Waals surface area (Å²) in [5, 5.41) is 7.89. The zero-order valence-corrected chi connectivity index (χ0v) is 11.9. The minimum absolute atomic E-state index is 0.343. The van der Waals surface area contributed by atoms with E-state index in [4.69, 9.17) is 4.74 Å². The van der Waals surface area contributed by atoms with Gasteiger partial charge in [0.2, 0.25) is 0 Å². The SMILES string of the molecule is CNC(CC1CCC1)c1c(OC)cnn1C(C)C. The minimum Gasteiger partial charge on any atom is -0.493 e. The topological polar surface area (TPSA) is 39.1 Å². The molecule has 1 aliphatic carbocycles. The Labute approximate surface area is 110 Å². The van der Waals surface area contributed by atoms with Crippen molar-refractivity contribution in [2.24, 2.45) is 5.92 Å². The molecule has 1 N–H and O–H groups in total. The number of hydrogen-bond acceptors (Lipinski definition) is 3. The molecular weight excluding hydrogens is 226 g/mol. The zero-order valence-electron chi connectivity index (χ0n) is 11.9. The Hall–Kier alpha value is -1.03. The van der Waals surface area contributed by atoms with Gasteiger partial charge >= 0.3 is 0 Å². The van der Waals surface area contributed by atoms with Gasteiger partial charge < -0.3 is 10.1 Å². The maximum absolute atomic E-state index is 5.47. The summed E-state index contributed by atoms with van der Waals surface area (Å²) in [6.45, 7) is 4.32. The lowest BCUT2D eigenvalue weighted by Crippen LogP contribution is -2.26. The van der Waals surface area contributed by atoms with Crippen LogP contribution in [0.3, 0.4) is 0 Å². The van der Waals surface area contributed by atoms with Crippen LogP contribution in [0.4, 0.5) is 0 Å². The Morgan fingerprint density at radius 3 is 2.67 bits per heavy atom. The molecule has 1 aromatic heterocycles. The molecule has 2 rings (SSSR count). The fraction of sp³-hybridized carbons (Fsp3) is 0.786. The normalized spacial score (nSPS) is 17.8. The van der Waals surface area contributed by atoms with Gasteiger partial charge in [0.05, 0.1) is 25.0 Å². The Morgan fingerprint density at radius 1 is 1.50 bits per heavy atom. The number of nitrogens with zero attached hydrogens (tertiary/aromatic N) is 2. The molecule has 0 radical (unpaired) electrons. The van der Waals surface area contributed by atoms with E-state index < -0.39 is 0 Å². The molecule has 0 amide bonds. The van der Waals surface area contributed by atoms with Crippen LogP contribution >= 0.6 is 0 Å². The van der Waals surface area contributed by atoms with Crippen molar-refractivity contribution in [2.45, 2.75) is 51.6 Å². The predicted molar refractivity (Wildman–Crippen MR) is 72.9 cm³/mol. The molecule has 1 heterocycles. The van der Waals surface area contributed by atoms with Gasteiger partial charge in [-0.3, -0.25) is 4.68 Å². The van der Waals surface area contributed by atoms with Gasteiger partial charge in [-0.2, -0.15) is 5.10 Å². The average molecular weight is 251 g/mol. The van der Waals surface area contributed by atoms with Crippen molar-refractivity contribution in [3.63, 3.8) is 0 Å². The average Bonchev–Trinajstić information content (AvgIpc) is 2.71. The zero-order chi connectivity index (χ0) is 13.1. The first-order valence-electron chi connectivity index (χ1n) is 6.96. The van der Waals surface area contributed by atoms with Gasteiger partial charge in [-0.1, -0.05) is 19.3 Å². The largest absolute Gasteiger partial charge is 0.493 e. The summed E-state index contributed by atoms with van der Waals surface area (Å²) in [7, 11) is 3.75. The maximum atomic E-state index is 5.47. The highest BCUT2D eigenvalue weighted by Crippen LogP contribution is 2.37. The maximum Gasteiger partial charge on any atom is 0.161 e. The molecule has 1 atom stereocenters. The van der Waals surface area contributed by atoms with E-state index in [2.05, 4.69) is 28.9 Å². The number of hydrogen-bond donors (Lipinski definition) is 1. The summed E-state index contributed by atoms with van der Waals surface area (Å²) >= 11 is 0. The Bertz CT molecular complexity index is 382. The highest BCUT2D eigenvalue weighted by molar-refractivity contribution is 5.29. The molecule has 1 fully saturated rings. The first-order chi connectivity index (χ1) is 8.67. The second-order valence-corrected chi connectivity index (χ2v) is 5.51. The quantitative estimate of drug-likeness (QED) is 0.845. The van der Waals surface area contributed by atoms with Crippen molar-refractivity contribution >= 4 is 0 Å². The van der Waals surface area contributed by atoms with E-state index in [1.54, 1.807) is 7.11 Å². The third-order valence-corrected chi connectivity index (χ3v) is 3.98. The molecule has 0 aliphatic heterocycles. The first kappa shape index (κ1) is 13.4. The molecule has 0 bridgehead atoms. The van der Waals surface area contributed by atoms with Crippen LogP contribution in [0, 0.1) is 5.92 Å². The lowest BCUT2D eigenvalue weighted by atomic mass is 9.80. The molecule has 1 aliphatic rings. The van der Waals surface area contributed by atoms with E-state index in [0.717, 1.165) is 11.7 Å². The highest BCUT2D eigenvalue weighted by atomic mass is 16.5. The Morgan fingerprint density at radius 2 is 2.22 bits per heavy atom. The number of nitrogens with one attached hydrogen (secondary N) is 1. The van der Waals surface area contributed by atoms with Gasteiger partial charge in [0.15, 0.2) is 5.75 Å². The second kappa shape index (κ2) is 5.74. The number of ether oxygens (including phenoxy) is 1. The number of aromatic nitrogens is 2. The van der Waals surface area contributed by atoms with E-state index in [-0.39, 0.29) is 0 Å². The third-order valence-electron chi connectivity index (χ3n) is 3.98. The molecule has 0 spiro atoms. The molecule has 4 heteroatoms. The lowest BCUT2D eigenvalue weighted by Gasteiger charge is -2.30. The van der Waals surface area contributed by atoms with Crippen molar-refractivity contribution in [2.75, 3.05) is 14.2 Å². The molecule has 102 valence electrons. The summed E-state index contributed by atoms with van der Waals surface area (Å²) < 4.78 is 7.55. The Balaban J connectivity index is 2.23. The van der Waals surface area contributed by atoms with E-state index in [1.165, 1.54) is 31.4 Å². The molecule has 1 unspecified atom stereocenters. The minimum atomic E-state index is 0.343. The molecule has 1 saturated carbocycles. The van der Waals surface area contributed by atoms with Crippen molar-refractivity contribution < 1.29 is 4.74 Å². The van der Waals surface area contributed by atoms with Crippen LogP contribution < -0.4 is 10.1 Å². The van der Waals surface area contributed by atoms with Crippen LogP contribution in [-0.2, 0) is 0 Å². The van der Waals surface area contributed by atoms with Gasteiger partial charge in [-0.25, -0.2) is 0 Å². The van der Waals surface area contributed by atoms with Crippen molar-refractivity contribution in [3.8, 4) is 5.75 Å². The van der Waals surface area contributed by atoms with Gasteiger partial charge in [0.25, 0.3) is 0 Å². The highest BCUT2D eigenvalue weighted by Gasteiger charge is 2.27. The summed E-state index contributed by atoms with van der Waals surface area (Å²) in [6, 6.07) is 0.705. The van der Waals surface area contributed by atoms with Gasteiger partial charge in [0.1, 0.15) is 0 Å². The molecule has 0 saturated heterocycles. The molecule has 0 aromatic carbocycles. The monoisotopic (exact) mass is 251 g/mol. The number of rotatable bonds is 6. The van der Waals surface area contributed by atoms with Gasteiger partial charge in [0, 0.05) is 6.04 Å². The summed E-state index contributed by atoms with van der Waals surface area (Å²) in [5.74, 6) is 1.77. The van der Waals surface area contributed by atoms with Crippen LogP contribution in [0.15, 0.2) is 6.20 Å². The fourth-order valence-corrected chi connectivity index (χ4v) is 2.68. The summed E-state index contributed by atoms with van der Waals surface area (Å²) in [6.07, 6.45) is 7.15. The van der Waals surface area contributed by atoms with Crippen LogP contribution in [0.1, 0.15) is 57.3 Å². The molecule has 1 aromatic rings. The third kappa shape index (κ3) is 2.53. The van der Waals surface area contributed by atoms with Crippen LogP contribution in [0.2, 0.25) is 0 Å². The smallest absolute Gasteiger partial charge is 0.161 e. The standard InChI is InChI=1S/C14H25N3O/c1-10(2)17-14(13(18-4)9-16-17)12(15-3)8-11-6-5-7-11/h9-12,15H,5-8H2,1-4H3. The lowest BCUT2D eigenvalue weighted by molar-refractivity contribution is 0.256. The van der Waals surface area contributed by atoms with E-state index in [0.29, 0.717) is 12.1 Å². The molecule has 18 heavy (non-hydrogen) atoms. The number of methoxy groups -OCH3 is 1. The predicted octanol–water partition coefficient (Wildman–Crippen LogP) is 2.92. The van der Waals surface area contributed by atoms with Crippen molar-refractivity contribution in [3.05, 3.63) is 11.9 Å². The Kier molecular flexibility index (Phi) is 4.27.